The van der Waals surface area contributed by atoms with Crippen LogP contribution in [0.4, 0.5) is 0 Å². The van der Waals surface area contributed by atoms with E-state index in [9.17, 15) is 0 Å². The number of hydrogen-bond acceptors (Lipinski definition) is 1. The fourth-order valence-corrected chi connectivity index (χ4v) is 3.70. The Balaban J connectivity index is 0.00000576. The second-order valence-corrected chi connectivity index (χ2v) is 8.57. The number of unbranched alkanes of at least 4 members (excludes halogenated alkanes) is 7. The van der Waals surface area contributed by atoms with Gasteiger partial charge in [-0.05, 0) is 50.3 Å². The summed E-state index contributed by atoms with van der Waals surface area (Å²) in [6.45, 7) is 6.53. The Morgan fingerprint density at radius 1 is 0.960 bits per heavy atom. The van der Waals surface area contributed by atoms with Crippen LogP contribution in [-0.2, 0) is 6.42 Å². The van der Waals surface area contributed by atoms with E-state index in [0.717, 1.165) is 23.4 Å². The summed E-state index contributed by atoms with van der Waals surface area (Å²) in [5.41, 5.74) is 7.40. The van der Waals surface area contributed by atoms with Gasteiger partial charge in [0.2, 0.25) is 0 Å². The van der Waals surface area contributed by atoms with Crippen LogP contribution in [0.1, 0.15) is 84.1 Å². The van der Waals surface area contributed by atoms with Crippen LogP contribution in [0.5, 0.6) is 0 Å². The molecule has 0 saturated carbocycles. The molecule has 0 aliphatic rings. The molecule has 1 aromatic rings. The fraction of sp³-hybridized carbons (Fsp3) is 0.714. The van der Waals surface area contributed by atoms with Gasteiger partial charge >= 0.3 is 0 Å². The molecule has 0 spiro atoms. The first-order chi connectivity index (χ1) is 11.3. The molecular weight excluding hydrogens is 373 g/mol. The monoisotopic (exact) mass is 407 g/mol. The van der Waals surface area contributed by atoms with E-state index in [1.54, 1.807) is 0 Å². The molecule has 0 amide bonds. The molecule has 0 aliphatic heterocycles. The summed E-state index contributed by atoms with van der Waals surface area (Å²) in [5.74, 6) is 0.441. The second kappa shape index (κ2) is 13.3. The predicted octanol–water partition coefficient (Wildman–Crippen LogP) is 7.84. The molecule has 1 rings (SSSR count). The highest BCUT2D eigenvalue weighted by Crippen LogP contribution is 2.29. The van der Waals surface area contributed by atoms with Crippen molar-refractivity contribution in [2.45, 2.75) is 90.5 Å². The Hall–Kier alpha value is 0.0500. The molecule has 0 radical (unpaired) electrons. The van der Waals surface area contributed by atoms with Crippen molar-refractivity contribution in [2.24, 2.45) is 11.7 Å². The molecule has 146 valence electrons. The average molecular weight is 409 g/mol. The Morgan fingerprint density at radius 2 is 1.52 bits per heavy atom. The highest BCUT2D eigenvalue weighted by Gasteiger charge is 2.25. The second-order valence-electron chi connectivity index (χ2n) is 7.72. The first-order valence-corrected chi connectivity index (χ1v) is 10.3. The Bertz CT molecular complexity index is 469. The van der Waals surface area contributed by atoms with Crippen molar-refractivity contribution in [3.05, 3.63) is 33.8 Å². The van der Waals surface area contributed by atoms with Gasteiger partial charge in [0, 0.05) is 15.6 Å². The molecular formula is C21H36Cl3N. The zero-order valence-electron chi connectivity index (χ0n) is 16.1. The SMILES string of the molecule is CCCCCCCCCCC(Cc1ccc(Cl)cc1Cl)C(C)(C)N.Cl. The number of benzene rings is 1. The lowest BCUT2D eigenvalue weighted by atomic mass is 9.80. The van der Waals surface area contributed by atoms with E-state index >= 15 is 0 Å². The fourth-order valence-electron chi connectivity index (χ4n) is 3.21. The first kappa shape index (κ1) is 25.1. The third kappa shape index (κ3) is 10.7. The maximum Gasteiger partial charge on any atom is 0.0452 e. The summed E-state index contributed by atoms with van der Waals surface area (Å²) in [6.07, 6.45) is 12.9. The highest BCUT2D eigenvalue weighted by atomic mass is 35.5. The third-order valence-corrected chi connectivity index (χ3v) is 5.53. The van der Waals surface area contributed by atoms with Crippen LogP contribution in [-0.4, -0.2) is 5.54 Å². The molecule has 25 heavy (non-hydrogen) atoms. The van der Waals surface area contributed by atoms with Gasteiger partial charge in [0.05, 0.1) is 0 Å². The largest absolute Gasteiger partial charge is 0.325 e. The average Bonchev–Trinajstić information content (AvgIpc) is 2.49. The minimum Gasteiger partial charge on any atom is -0.325 e. The van der Waals surface area contributed by atoms with Crippen LogP contribution < -0.4 is 5.73 Å². The van der Waals surface area contributed by atoms with E-state index < -0.39 is 0 Å². The minimum absolute atomic E-state index is 0. The molecule has 1 aromatic carbocycles. The van der Waals surface area contributed by atoms with Gasteiger partial charge in [0.1, 0.15) is 0 Å². The molecule has 1 atom stereocenters. The van der Waals surface area contributed by atoms with Crippen molar-refractivity contribution >= 4 is 35.6 Å². The van der Waals surface area contributed by atoms with Crippen LogP contribution in [0.15, 0.2) is 18.2 Å². The molecule has 0 aromatic heterocycles. The quantitative estimate of drug-likeness (QED) is 0.350. The molecule has 0 heterocycles. The van der Waals surface area contributed by atoms with E-state index in [0.29, 0.717) is 10.9 Å². The highest BCUT2D eigenvalue weighted by molar-refractivity contribution is 6.35. The van der Waals surface area contributed by atoms with Crippen molar-refractivity contribution in [3.8, 4) is 0 Å². The normalized spacial score (nSPS) is 12.7. The van der Waals surface area contributed by atoms with Gasteiger partial charge in [-0.3, -0.25) is 0 Å². The molecule has 4 heteroatoms. The van der Waals surface area contributed by atoms with Crippen LogP contribution >= 0.6 is 35.6 Å². The number of rotatable bonds is 12. The van der Waals surface area contributed by atoms with E-state index in [1.807, 2.05) is 18.2 Å². The molecule has 1 nitrogen and oxygen atoms in total. The number of halogens is 3. The van der Waals surface area contributed by atoms with E-state index in [2.05, 4.69) is 20.8 Å². The first-order valence-electron chi connectivity index (χ1n) is 9.57. The summed E-state index contributed by atoms with van der Waals surface area (Å²) in [6, 6.07) is 5.78. The number of hydrogen-bond donors (Lipinski definition) is 1. The zero-order chi connectivity index (χ0) is 18.0. The van der Waals surface area contributed by atoms with Gasteiger partial charge in [0.15, 0.2) is 0 Å². The Labute approximate surface area is 171 Å². The molecule has 1 unspecified atom stereocenters. The molecule has 0 saturated heterocycles. The summed E-state index contributed by atoms with van der Waals surface area (Å²) in [5, 5.41) is 1.45. The van der Waals surface area contributed by atoms with Crippen molar-refractivity contribution in [2.75, 3.05) is 0 Å². The van der Waals surface area contributed by atoms with Gasteiger partial charge < -0.3 is 5.73 Å². The van der Waals surface area contributed by atoms with Crippen molar-refractivity contribution in [3.63, 3.8) is 0 Å². The van der Waals surface area contributed by atoms with Crippen LogP contribution in [0.3, 0.4) is 0 Å². The van der Waals surface area contributed by atoms with E-state index in [-0.39, 0.29) is 17.9 Å². The number of nitrogens with two attached hydrogens (primary N) is 1. The van der Waals surface area contributed by atoms with Gasteiger partial charge in [-0.1, -0.05) is 87.6 Å². The van der Waals surface area contributed by atoms with Gasteiger partial charge in [0.25, 0.3) is 0 Å². The maximum atomic E-state index is 6.43. The van der Waals surface area contributed by atoms with Gasteiger partial charge in [-0.15, -0.1) is 12.4 Å². The van der Waals surface area contributed by atoms with E-state index in [1.165, 1.54) is 51.4 Å². The smallest absolute Gasteiger partial charge is 0.0452 e. The lowest BCUT2D eigenvalue weighted by Crippen LogP contribution is -2.42. The maximum absolute atomic E-state index is 6.43. The standard InChI is InChI=1S/C21H35Cl2N.ClH/c1-4-5-6-7-8-9-10-11-12-18(21(2,3)24)15-17-13-14-19(22)16-20(17)23;/h13-14,16,18H,4-12,15,24H2,1-3H3;1H. The minimum atomic E-state index is -0.190. The summed E-state index contributed by atoms with van der Waals surface area (Å²) in [4.78, 5) is 0. The molecule has 0 fully saturated rings. The van der Waals surface area contributed by atoms with Gasteiger partial charge in [-0.25, -0.2) is 0 Å². The van der Waals surface area contributed by atoms with Crippen molar-refractivity contribution in [1.29, 1.82) is 0 Å². The van der Waals surface area contributed by atoms with E-state index in [4.69, 9.17) is 28.9 Å². The predicted molar refractivity (Wildman–Crippen MR) is 116 cm³/mol. The summed E-state index contributed by atoms with van der Waals surface area (Å²) in [7, 11) is 0. The van der Waals surface area contributed by atoms with Crippen molar-refractivity contribution in [1.82, 2.24) is 0 Å². The third-order valence-electron chi connectivity index (χ3n) is 4.94. The molecule has 2 N–H and O–H groups in total. The summed E-state index contributed by atoms with van der Waals surface area (Å²) >= 11 is 12.3. The lowest BCUT2D eigenvalue weighted by molar-refractivity contribution is 0.290. The van der Waals surface area contributed by atoms with Gasteiger partial charge in [-0.2, -0.15) is 0 Å². The Morgan fingerprint density at radius 3 is 2.04 bits per heavy atom. The zero-order valence-corrected chi connectivity index (χ0v) is 18.5. The van der Waals surface area contributed by atoms with Crippen LogP contribution in [0.2, 0.25) is 10.0 Å². The lowest BCUT2D eigenvalue weighted by Gasteiger charge is -2.31. The topological polar surface area (TPSA) is 26.0 Å². The molecule has 0 bridgehead atoms. The van der Waals surface area contributed by atoms with Crippen molar-refractivity contribution < 1.29 is 0 Å². The van der Waals surface area contributed by atoms with Crippen LogP contribution in [0, 0.1) is 5.92 Å². The molecule has 0 aliphatic carbocycles. The Kier molecular flexibility index (Phi) is 13.3. The summed E-state index contributed by atoms with van der Waals surface area (Å²) < 4.78 is 0. The van der Waals surface area contributed by atoms with Crippen LogP contribution in [0.25, 0.3) is 0 Å².